The maximum absolute atomic E-state index is 11.4. The topological polar surface area (TPSA) is 116 Å². The highest BCUT2D eigenvalue weighted by Crippen LogP contribution is 2.45. The smallest absolute Gasteiger partial charge is 0.336 e. The van der Waals surface area contributed by atoms with Crippen molar-refractivity contribution in [2.75, 3.05) is 7.11 Å². The Kier molecular flexibility index (Phi) is 2.73. The van der Waals surface area contributed by atoms with E-state index in [0.29, 0.717) is 11.3 Å². The average molecular weight is 276 g/mol. The van der Waals surface area contributed by atoms with Gasteiger partial charge >= 0.3 is 5.97 Å². The largest absolute Gasteiger partial charge is 0.481 e. The van der Waals surface area contributed by atoms with Crippen LogP contribution in [0.5, 0.6) is 5.88 Å². The molecule has 2 unspecified atom stereocenters. The Morgan fingerprint density at radius 2 is 2.15 bits per heavy atom. The average Bonchev–Trinajstić information content (AvgIpc) is 2.92. The highest BCUT2D eigenvalue weighted by atomic mass is 16.5. The number of fused-ring (bicyclic) bond motifs is 3. The third kappa shape index (κ3) is 1.60. The minimum atomic E-state index is -1.30. The molecule has 104 valence electrons. The molecule has 0 spiro atoms. The zero-order valence-corrected chi connectivity index (χ0v) is 10.5. The standard InChI is InChI=1S/C13H12N2O5/c1-20-7-4-6(13(18)19)8-9-5(2-3-14-9)11(16)12(17)10(8)15-7/h2-4,11-12,14,16-17H,1H3,(H,18,19). The summed E-state index contributed by atoms with van der Waals surface area (Å²) < 4.78 is 4.95. The molecule has 4 N–H and O–H groups in total. The number of carbonyl (C=O) groups is 1. The van der Waals surface area contributed by atoms with Gasteiger partial charge in [-0.05, 0) is 6.07 Å². The summed E-state index contributed by atoms with van der Waals surface area (Å²) in [5, 5.41) is 29.5. The Labute approximate surface area is 113 Å². The van der Waals surface area contributed by atoms with Crippen LogP contribution < -0.4 is 4.74 Å². The van der Waals surface area contributed by atoms with Gasteiger partial charge in [-0.25, -0.2) is 9.78 Å². The van der Waals surface area contributed by atoms with Crippen molar-refractivity contribution in [2.45, 2.75) is 12.2 Å². The van der Waals surface area contributed by atoms with Crippen LogP contribution in [0.2, 0.25) is 0 Å². The first-order valence-corrected chi connectivity index (χ1v) is 5.90. The second kappa shape index (κ2) is 4.32. The number of aromatic amines is 1. The van der Waals surface area contributed by atoms with Gasteiger partial charge in [-0.3, -0.25) is 0 Å². The SMILES string of the molecule is COc1cc(C(=O)O)c2c(n1)C(O)C(O)c1cc[nH]c1-2. The molecule has 2 aromatic heterocycles. The van der Waals surface area contributed by atoms with E-state index in [4.69, 9.17) is 4.74 Å². The van der Waals surface area contributed by atoms with Gasteiger partial charge in [0, 0.05) is 23.4 Å². The number of hydrogen-bond acceptors (Lipinski definition) is 5. The molecule has 7 nitrogen and oxygen atoms in total. The molecule has 0 radical (unpaired) electrons. The van der Waals surface area contributed by atoms with Gasteiger partial charge in [-0.15, -0.1) is 0 Å². The summed E-state index contributed by atoms with van der Waals surface area (Å²) in [5.41, 5.74) is 1.21. The number of ether oxygens (including phenoxy) is 1. The summed E-state index contributed by atoms with van der Waals surface area (Å²) in [6.45, 7) is 0. The number of rotatable bonds is 2. The number of nitrogens with zero attached hydrogens (tertiary/aromatic N) is 1. The molecule has 1 aliphatic rings. The normalized spacial score (nSPS) is 20.1. The van der Waals surface area contributed by atoms with Gasteiger partial charge in [-0.2, -0.15) is 0 Å². The lowest BCUT2D eigenvalue weighted by Gasteiger charge is -2.27. The summed E-state index contributed by atoms with van der Waals surface area (Å²) in [6, 6.07) is 2.89. The fraction of sp³-hybridized carbons (Fsp3) is 0.231. The summed E-state index contributed by atoms with van der Waals surface area (Å²) in [4.78, 5) is 18.4. The molecule has 0 bridgehead atoms. The maximum Gasteiger partial charge on any atom is 0.336 e. The Balaban J connectivity index is 2.37. The number of aromatic carboxylic acids is 1. The van der Waals surface area contributed by atoms with Gasteiger partial charge in [0.1, 0.15) is 12.2 Å². The van der Waals surface area contributed by atoms with E-state index in [0.717, 1.165) is 0 Å². The number of carboxylic acid groups (broad SMARTS) is 1. The van der Waals surface area contributed by atoms with E-state index >= 15 is 0 Å². The van der Waals surface area contributed by atoms with E-state index in [2.05, 4.69) is 9.97 Å². The zero-order chi connectivity index (χ0) is 14.4. The fourth-order valence-corrected chi connectivity index (χ4v) is 2.45. The van der Waals surface area contributed by atoms with E-state index in [1.165, 1.54) is 13.2 Å². The van der Waals surface area contributed by atoms with E-state index in [9.17, 15) is 20.1 Å². The van der Waals surface area contributed by atoms with Gasteiger partial charge in [0.05, 0.1) is 24.1 Å². The van der Waals surface area contributed by atoms with Crippen LogP contribution in [-0.4, -0.2) is 38.4 Å². The van der Waals surface area contributed by atoms with Crippen molar-refractivity contribution < 1.29 is 24.9 Å². The van der Waals surface area contributed by atoms with Crippen molar-refractivity contribution in [3.63, 3.8) is 0 Å². The summed E-state index contributed by atoms with van der Waals surface area (Å²) in [5.74, 6) is -1.09. The molecule has 0 amide bonds. The van der Waals surface area contributed by atoms with Crippen molar-refractivity contribution in [1.29, 1.82) is 0 Å². The molecule has 0 saturated carbocycles. The van der Waals surface area contributed by atoms with Gasteiger partial charge in [-0.1, -0.05) is 0 Å². The van der Waals surface area contributed by atoms with Crippen molar-refractivity contribution in [3.8, 4) is 17.1 Å². The number of aliphatic hydroxyl groups is 2. The van der Waals surface area contributed by atoms with E-state index < -0.39 is 18.2 Å². The molecule has 7 heteroatoms. The second-order valence-electron chi connectivity index (χ2n) is 4.48. The molecule has 0 fully saturated rings. The molecule has 2 aromatic rings. The Hall–Kier alpha value is -2.38. The lowest BCUT2D eigenvalue weighted by molar-refractivity contribution is 0.0128. The third-order valence-electron chi connectivity index (χ3n) is 3.39. The number of carboxylic acids is 1. The first-order valence-electron chi connectivity index (χ1n) is 5.90. The molecular weight excluding hydrogens is 264 g/mol. The summed E-state index contributed by atoms with van der Waals surface area (Å²) in [7, 11) is 1.35. The van der Waals surface area contributed by atoms with Crippen LogP contribution in [0, 0.1) is 0 Å². The number of methoxy groups -OCH3 is 1. The summed E-state index contributed by atoms with van der Waals surface area (Å²) in [6.07, 6.45) is -0.891. The van der Waals surface area contributed by atoms with Crippen molar-refractivity contribution in [1.82, 2.24) is 9.97 Å². The molecule has 0 aliphatic heterocycles. The van der Waals surface area contributed by atoms with Crippen molar-refractivity contribution in [2.24, 2.45) is 0 Å². The fourth-order valence-electron chi connectivity index (χ4n) is 2.45. The quantitative estimate of drug-likeness (QED) is 0.646. The Bertz CT molecular complexity index is 694. The van der Waals surface area contributed by atoms with Gasteiger partial charge in [0.2, 0.25) is 5.88 Å². The highest BCUT2D eigenvalue weighted by Gasteiger charge is 2.36. The maximum atomic E-state index is 11.4. The molecule has 20 heavy (non-hydrogen) atoms. The predicted octanol–water partition coefficient (Wildman–Crippen LogP) is 0.864. The van der Waals surface area contributed by atoms with E-state index in [1.807, 2.05) is 0 Å². The molecule has 1 aliphatic carbocycles. The lowest BCUT2D eigenvalue weighted by Crippen LogP contribution is -2.20. The van der Waals surface area contributed by atoms with Crippen LogP contribution in [0.3, 0.4) is 0 Å². The van der Waals surface area contributed by atoms with Crippen molar-refractivity contribution in [3.05, 3.63) is 35.2 Å². The van der Waals surface area contributed by atoms with Crippen LogP contribution in [0.25, 0.3) is 11.3 Å². The summed E-state index contributed by atoms with van der Waals surface area (Å²) >= 11 is 0. The van der Waals surface area contributed by atoms with E-state index in [1.54, 1.807) is 12.3 Å². The molecule has 2 atom stereocenters. The van der Waals surface area contributed by atoms with Gasteiger partial charge in [0.15, 0.2) is 0 Å². The van der Waals surface area contributed by atoms with Crippen LogP contribution in [0.1, 0.15) is 33.8 Å². The minimum Gasteiger partial charge on any atom is -0.481 e. The lowest BCUT2D eigenvalue weighted by atomic mass is 9.87. The Morgan fingerprint density at radius 3 is 2.80 bits per heavy atom. The number of pyridine rings is 1. The van der Waals surface area contributed by atoms with Crippen LogP contribution in [0.15, 0.2) is 18.3 Å². The van der Waals surface area contributed by atoms with Crippen molar-refractivity contribution >= 4 is 5.97 Å². The van der Waals surface area contributed by atoms with E-state index in [-0.39, 0.29) is 22.7 Å². The first-order chi connectivity index (χ1) is 9.54. The third-order valence-corrected chi connectivity index (χ3v) is 3.39. The van der Waals surface area contributed by atoms with Gasteiger partial charge in [0.25, 0.3) is 0 Å². The number of aromatic nitrogens is 2. The predicted molar refractivity (Wildman–Crippen MR) is 67.5 cm³/mol. The van der Waals surface area contributed by atoms with Crippen LogP contribution in [0.4, 0.5) is 0 Å². The monoisotopic (exact) mass is 276 g/mol. The number of aliphatic hydroxyl groups excluding tert-OH is 2. The molecule has 0 saturated heterocycles. The highest BCUT2D eigenvalue weighted by molar-refractivity contribution is 5.97. The molecule has 0 aromatic carbocycles. The van der Waals surface area contributed by atoms with Crippen LogP contribution >= 0.6 is 0 Å². The van der Waals surface area contributed by atoms with Gasteiger partial charge < -0.3 is 25.0 Å². The Morgan fingerprint density at radius 1 is 1.40 bits per heavy atom. The number of H-pyrrole nitrogens is 1. The second-order valence-corrected chi connectivity index (χ2v) is 4.48. The molecule has 2 heterocycles. The zero-order valence-electron chi connectivity index (χ0n) is 10.5. The number of nitrogens with one attached hydrogen (secondary N) is 1. The molecule has 3 rings (SSSR count). The van der Waals surface area contributed by atoms with Crippen LogP contribution in [-0.2, 0) is 0 Å². The number of hydrogen-bond donors (Lipinski definition) is 4. The molecular formula is C13H12N2O5. The minimum absolute atomic E-state index is 0.0403. The first kappa shape index (κ1) is 12.6.